The third kappa shape index (κ3) is 1.78. The Labute approximate surface area is 105 Å². The number of esters is 1. The molecular formula is C14H14O4. The van der Waals surface area contributed by atoms with Crippen LogP contribution in [0.3, 0.4) is 0 Å². The van der Waals surface area contributed by atoms with E-state index in [-0.39, 0.29) is 23.8 Å². The SMILES string of the molecule is O=C1OCCCC/C=C2/C(=O)C=CC3OC=C1C23. The van der Waals surface area contributed by atoms with Gasteiger partial charge < -0.3 is 9.47 Å². The fourth-order valence-electron chi connectivity index (χ4n) is 2.57. The van der Waals surface area contributed by atoms with Gasteiger partial charge in [-0.15, -0.1) is 0 Å². The van der Waals surface area contributed by atoms with Crippen molar-refractivity contribution >= 4 is 11.8 Å². The van der Waals surface area contributed by atoms with Gasteiger partial charge in [0.15, 0.2) is 5.78 Å². The lowest BCUT2D eigenvalue weighted by Crippen LogP contribution is -2.30. The van der Waals surface area contributed by atoms with Crippen molar-refractivity contribution in [2.45, 2.75) is 25.4 Å². The summed E-state index contributed by atoms with van der Waals surface area (Å²) in [5.74, 6) is -0.674. The van der Waals surface area contributed by atoms with Crippen LogP contribution in [0.2, 0.25) is 0 Å². The summed E-state index contributed by atoms with van der Waals surface area (Å²) in [7, 11) is 0. The highest BCUT2D eigenvalue weighted by Gasteiger charge is 2.41. The molecule has 94 valence electrons. The molecule has 1 aliphatic carbocycles. The van der Waals surface area contributed by atoms with Gasteiger partial charge in [-0.3, -0.25) is 4.79 Å². The van der Waals surface area contributed by atoms with Crippen LogP contribution in [0.15, 0.2) is 35.6 Å². The molecular weight excluding hydrogens is 232 g/mol. The van der Waals surface area contributed by atoms with Crippen molar-refractivity contribution in [3.8, 4) is 0 Å². The number of hydrogen-bond acceptors (Lipinski definition) is 4. The quantitative estimate of drug-likeness (QED) is 0.610. The monoisotopic (exact) mass is 246 g/mol. The van der Waals surface area contributed by atoms with Crippen LogP contribution in [0.4, 0.5) is 0 Å². The maximum Gasteiger partial charge on any atom is 0.337 e. The number of carbonyl (C=O) groups is 2. The second kappa shape index (κ2) is 4.44. The molecule has 3 rings (SSSR count). The van der Waals surface area contributed by atoms with E-state index in [0.29, 0.717) is 17.8 Å². The Kier molecular flexibility index (Phi) is 2.78. The summed E-state index contributed by atoms with van der Waals surface area (Å²) in [6.45, 7) is 0.431. The summed E-state index contributed by atoms with van der Waals surface area (Å²) in [4.78, 5) is 23.8. The van der Waals surface area contributed by atoms with Gasteiger partial charge in [0.2, 0.25) is 0 Å². The molecule has 2 aliphatic heterocycles. The predicted molar refractivity (Wildman–Crippen MR) is 63.5 cm³/mol. The van der Waals surface area contributed by atoms with Crippen molar-refractivity contribution in [3.05, 3.63) is 35.6 Å². The first-order valence-electron chi connectivity index (χ1n) is 6.22. The maximum atomic E-state index is 11.9. The van der Waals surface area contributed by atoms with E-state index in [9.17, 15) is 9.59 Å². The van der Waals surface area contributed by atoms with E-state index in [2.05, 4.69) is 0 Å². The van der Waals surface area contributed by atoms with Gasteiger partial charge in [-0.1, -0.05) is 6.08 Å². The summed E-state index contributed by atoms with van der Waals surface area (Å²) in [6, 6.07) is 0. The van der Waals surface area contributed by atoms with Crippen LogP contribution in [0.1, 0.15) is 19.3 Å². The van der Waals surface area contributed by atoms with Gasteiger partial charge in [-0.05, 0) is 31.4 Å². The number of ketones is 1. The lowest BCUT2D eigenvalue weighted by Gasteiger charge is -2.24. The number of rotatable bonds is 0. The molecule has 0 fully saturated rings. The van der Waals surface area contributed by atoms with Crippen LogP contribution in [-0.4, -0.2) is 24.5 Å². The Morgan fingerprint density at radius 3 is 2.94 bits per heavy atom. The molecule has 0 spiro atoms. The molecule has 3 aliphatic rings. The fourth-order valence-corrected chi connectivity index (χ4v) is 2.57. The maximum absolute atomic E-state index is 11.9. The molecule has 2 heterocycles. The third-order valence-corrected chi connectivity index (χ3v) is 3.50. The Morgan fingerprint density at radius 2 is 2.06 bits per heavy atom. The number of hydrogen-bond donors (Lipinski definition) is 0. The zero-order chi connectivity index (χ0) is 12.5. The molecule has 0 N–H and O–H groups in total. The van der Waals surface area contributed by atoms with Crippen molar-refractivity contribution in [2.75, 3.05) is 6.61 Å². The van der Waals surface area contributed by atoms with Gasteiger partial charge in [0, 0.05) is 5.57 Å². The van der Waals surface area contributed by atoms with Gasteiger partial charge in [0.25, 0.3) is 0 Å². The number of cyclic esters (lactones) is 1. The van der Waals surface area contributed by atoms with E-state index in [4.69, 9.17) is 9.47 Å². The smallest absolute Gasteiger partial charge is 0.337 e. The van der Waals surface area contributed by atoms with Crippen LogP contribution in [-0.2, 0) is 19.1 Å². The highest BCUT2D eigenvalue weighted by Crippen LogP contribution is 2.37. The van der Waals surface area contributed by atoms with E-state index in [1.54, 1.807) is 6.08 Å². The van der Waals surface area contributed by atoms with Crippen molar-refractivity contribution in [2.24, 2.45) is 5.92 Å². The highest BCUT2D eigenvalue weighted by atomic mass is 16.5. The molecule has 0 aromatic heterocycles. The van der Waals surface area contributed by atoms with Crippen LogP contribution in [0.25, 0.3) is 0 Å². The van der Waals surface area contributed by atoms with Gasteiger partial charge in [-0.2, -0.15) is 0 Å². The van der Waals surface area contributed by atoms with Crippen LogP contribution in [0, 0.1) is 5.92 Å². The second-order valence-electron chi connectivity index (χ2n) is 4.67. The average molecular weight is 246 g/mol. The molecule has 0 aromatic carbocycles. The molecule has 0 saturated carbocycles. The zero-order valence-corrected chi connectivity index (χ0v) is 9.93. The summed E-state index contributed by atoms with van der Waals surface area (Å²) >= 11 is 0. The lowest BCUT2D eigenvalue weighted by molar-refractivity contribution is -0.139. The summed E-state index contributed by atoms with van der Waals surface area (Å²) in [5, 5.41) is 0. The number of ether oxygens (including phenoxy) is 2. The van der Waals surface area contributed by atoms with Gasteiger partial charge in [-0.25, -0.2) is 4.79 Å². The molecule has 4 nitrogen and oxygen atoms in total. The molecule has 2 unspecified atom stereocenters. The Morgan fingerprint density at radius 1 is 1.17 bits per heavy atom. The van der Waals surface area contributed by atoms with Crippen LogP contribution < -0.4 is 0 Å². The number of carbonyl (C=O) groups excluding carboxylic acids is 2. The summed E-state index contributed by atoms with van der Waals surface area (Å²) in [5.41, 5.74) is 1.14. The van der Waals surface area contributed by atoms with E-state index < -0.39 is 0 Å². The summed E-state index contributed by atoms with van der Waals surface area (Å²) in [6.07, 6.45) is 8.97. The fraction of sp³-hybridized carbons (Fsp3) is 0.429. The minimum Gasteiger partial charge on any atom is -0.492 e. The van der Waals surface area contributed by atoms with Gasteiger partial charge in [0.1, 0.15) is 6.10 Å². The molecule has 0 saturated heterocycles. The second-order valence-corrected chi connectivity index (χ2v) is 4.67. The summed E-state index contributed by atoms with van der Waals surface area (Å²) < 4.78 is 10.6. The standard InChI is InChI=1S/C14H14O4/c15-11-5-6-12-13-9(11)4-2-1-3-7-17-14(16)10(13)8-18-12/h4-6,8,12-13H,1-3,7H2/b9-4-. The first-order chi connectivity index (χ1) is 8.77. The van der Waals surface area contributed by atoms with Crippen LogP contribution >= 0.6 is 0 Å². The van der Waals surface area contributed by atoms with E-state index >= 15 is 0 Å². The van der Waals surface area contributed by atoms with Crippen molar-refractivity contribution < 1.29 is 19.1 Å². The third-order valence-electron chi connectivity index (χ3n) is 3.50. The first-order valence-corrected chi connectivity index (χ1v) is 6.22. The molecule has 18 heavy (non-hydrogen) atoms. The molecule has 2 atom stereocenters. The molecule has 4 heteroatoms. The Hall–Kier alpha value is -1.84. The lowest BCUT2D eigenvalue weighted by atomic mass is 9.81. The van der Waals surface area contributed by atoms with E-state index in [1.165, 1.54) is 12.3 Å². The zero-order valence-electron chi connectivity index (χ0n) is 9.93. The molecule has 0 bridgehead atoms. The van der Waals surface area contributed by atoms with Crippen molar-refractivity contribution in [3.63, 3.8) is 0 Å². The predicted octanol–water partition coefficient (Wildman–Crippen LogP) is 1.68. The highest BCUT2D eigenvalue weighted by molar-refractivity contribution is 6.07. The molecule has 0 amide bonds. The van der Waals surface area contributed by atoms with Gasteiger partial charge in [0.05, 0.1) is 24.4 Å². The Bertz CT molecular complexity index is 484. The largest absolute Gasteiger partial charge is 0.492 e. The van der Waals surface area contributed by atoms with Crippen molar-refractivity contribution in [1.82, 2.24) is 0 Å². The normalized spacial score (nSPS) is 33.8. The Balaban J connectivity index is 2.02. The first kappa shape index (κ1) is 11.3. The minimum atomic E-state index is -0.363. The topological polar surface area (TPSA) is 52.6 Å². The van der Waals surface area contributed by atoms with Gasteiger partial charge >= 0.3 is 5.97 Å². The van der Waals surface area contributed by atoms with Crippen molar-refractivity contribution in [1.29, 1.82) is 0 Å². The average Bonchev–Trinajstić information content (AvgIpc) is 2.79. The number of allylic oxidation sites excluding steroid dienone is 2. The molecule has 0 aromatic rings. The molecule has 0 radical (unpaired) electrons. The van der Waals surface area contributed by atoms with Crippen LogP contribution in [0.5, 0.6) is 0 Å². The minimum absolute atomic E-state index is 0.0268. The van der Waals surface area contributed by atoms with E-state index in [0.717, 1.165) is 19.3 Å². The van der Waals surface area contributed by atoms with E-state index in [1.807, 2.05) is 6.08 Å².